The minimum Gasteiger partial charge on any atom is -0.468 e. The molecule has 66 valence electrons. The fraction of sp³-hybridized carbons (Fsp3) is 0.857. The van der Waals surface area contributed by atoms with Crippen molar-refractivity contribution in [3.63, 3.8) is 0 Å². The molecular weight excluding hydrogens is 146 g/mol. The Labute approximate surface area is 66.3 Å². The molecule has 3 N–H and O–H groups in total. The van der Waals surface area contributed by atoms with Gasteiger partial charge < -0.3 is 15.6 Å². The number of carbonyl (C=O) groups excluding carboxylic acids is 1. The number of ether oxygens (including phenoxy) is 1. The maximum Gasteiger partial charge on any atom is 0.322 e. The molecule has 0 aliphatic heterocycles. The van der Waals surface area contributed by atoms with Crippen molar-refractivity contribution >= 4 is 5.97 Å². The molecule has 4 nitrogen and oxygen atoms in total. The standard InChI is InChI=1S/C7H15NO3/c1-5(9)3-4-6(8)7(10)11-2/h5-6,9H,3-4,8H2,1-2H3. The smallest absolute Gasteiger partial charge is 0.322 e. The first-order chi connectivity index (χ1) is 5.07. The third-order valence-electron chi connectivity index (χ3n) is 1.40. The second-order valence-electron chi connectivity index (χ2n) is 2.56. The van der Waals surface area contributed by atoms with Crippen LogP contribution >= 0.6 is 0 Å². The lowest BCUT2D eigenvalue weighted by Crippen LogP contribution is -2.32. The predicted molar refractivity (Wildman–Crippen MR) is 40.9 cm³/mol. The number of rotatable bonds is 4. The van der Waals surface area contributed by atoms with Crippen molar-refractivity contribution in [2.45, 2.75) is 31.9 Å². The number of nitrogens with two attached hydrogens (primary N) is 1. The highest BCUT2D eigenvalue weighted by Gasteiger charge is 2.13. The van der Waals surface area contributed by atoms with Crippen LogP contribution in [0.5, 0.6) is 0 Å². The van der Waals surface area contributed by atoms with Gasteiger partial charge in [0, 0.05) is 0 Å². The van der Waals surface area contributed by atoms with Crippen molar-refractivity contribution in [1.29, 1.82) is 0 Å². The number of aliphatic hydroxyl groups excluding tert-OH is 1. The number of aliphatic hydroxyl groups is 1. The summed E-state index contributed by atoms with van der Waals surface area (Å²) in [5, 5.41) is 8.85. The lowest BCUT2D eigenvalue weighted by molar-refractivity contribution is -0.142. The number of hydrogen-bond donors (Lipinski definition) is 2. The summed E-state index contributed by atoms with van der Waals surface area (Å²) in [6.45, 7) is 1.66. The Hall–Kier alpha value is -0.610. The van der Waals surface area contributed by atoms with Crippen molar-refractivity contribution in [2.24, 2.45) is 5.73 Å². The van der Waals surface area contributed by atoms with E-state index in [9.17, 15) is 4.79 Å². The fourth-order valence-electron chi connectivity index (χ4n) is 0.690. The van der Waals surface area contributed by atoms with E-state index in [0.717, 1.165) is 0 Å². The van der Waals surface area contributed by atoms with Crippen LogP contribution in [0, 0.1) is 0 Å². The zero-order chi connectivity index (χ0) is 8.85. The molecule has 0 amide bonds. The quantitative estimate of drug-likeness (QED) is 0.553. The largest absolute Gasteiger partial charge is 0.468 e. The Kier molecular flexibility index (Phi) is 4.81. The molecule has 0 aliphatic rings. The van der Waals surface area contributed by atoms with Gasteiger partial charge in [-0.1, -0.05) is 0 Å². The van der Waals surface area contributed by atoms with E-state index >= 15 is 0 Å². The molecule has 0 saturated carbocycles. The number of esters is 1. The van der Waals surface area contributed by atoms with Crippen LogP contribution in [0.1, 0.15) is 19.8 Å². The van der Waals surface area contributed by atoms with Crippen molar-refractivity contribution in [1.82, 2.24) is 0 Å². The van der Waals surface area contributed by atoms with E-state index in [1.54, 1.807) is 6.92 Å². The van der Waals surface area contributed by atoms with Gasteiger partial charge in [-0.3, -0.25) is 4.79 Å². The average molecular weight is 161 g/mol. The fourth-order valence-corrected chi connectivity index (χ4v) is 0.690. The second-order valence-corrected chi connectivity index (χ2v) is 2.56. The van der Waals surface area contributed by atoms with Gasteiger partial charge >= 0.3 is 5.97 Å². The van der Waals surface area contributed by atoms with Gasteiger partial charge in [0.1, 0.15) is 6.04 Å². The summed E-state index contributed by atoms with van der Waals surface area (Å²) < 4.78 is 4.40. The summed E-state index contributed by atoms with van der Waals surface area (Å²) in [5.41, 5.74) is 5.39. The SMILES string of the molecule is COC(=O)C(N)CCC(C)O. The number of hydrogen-bond acceptors (Lipinski definition) is 4. The van der Waals surface area contributed by atoms with E-state index in [2.05, 4.69) is 4.74 Å². The molecule has 11 heavy (non-hydrogen) atoms. The van der Waals surface area contributed by atoms with Crippen molar-refractivity contribution in [2.75, 3.05) is 7.11 Å². The van der Waals surface area contributed by atoms with Gasteiger partial charge in [0.05, 0.1) is 13.2 Å². The first-order valence-electron chi connectivity index (χ1n) is 3.59. The molecule has 2 atom stereocenters. The highest BCUT2D eigenvalue weighted by molar-refractivity contribution is 5.75. The molecule has 2 unspecified atom stereocenters. The third kappa shape index (κ3) is 4.75. The molecule has 0 saturated heterocycles. The summed E-state index contributed by atoms with van der Waals surface area (Å²) in [5.74, 6) is -0.425. The molecule has 0 aromatic heterocycles. The molecule has 0 bridgehead atoms. The summed E-state index contributed by atoms with van der Waals surface area (Å²) in [4.78, 5) is 10.7. The summed E-state index contributed by atoms with van der Waals surface area (Å²) in [6, 6.07) is -0.602. The van der Waals surface area contributed by atoms with Crippen LogP contribution in [0.2, 0.25) is 0 Å². The molecule has 0 aromatic rings. The van der Waals surface area contributed by atoms with Gasteiger partial charge in [-0.05, 0) is 19.8 Å². The highest BCUT2D eigenvalue weighted by atomic mass is 16.5. The molecule has 0 fully saturated rings. The van der Waals surface area contributed by atoms with E-state index in [0.29, 0.717) is 12.8 Å². The lowest BCUT2D eigenvalue weighted by Gasteiger charge is -2.09. The van der Waals surface area contributed by atoms with E-state index in [-0.39, 0.29) is 0 Å². The molecule has 4 heteroatoms. The topological polar surface area (TPSA) is 72.5 Å². The van der Waals surface area contributed by atoms with Crippen molar-refractivity contribution in [3.05, 3.63) is 0 Å². The summed E-state index contributed by atoms with van der Waals surface area (Å²) in [7, 11) is 1.30. The van der Waals surface area contributed by atoms with Crippen LogP contribution < -0.4 is 5.73 Å². The molecular formula is C7H15NO3. The van der Waals surface area contributed by atoms with E-state index < -0.39 is 18.1 Å². The molecule has 0 heterocycles. The second kappa shape index (κ2) is 5.09. The van der Waals surface area contributed by atoms with Gasteiger partial charge in [0.15, 0.2) is 0 Å². The Balaban J connectivity index is 3.52. The molecule has 0 spiro atoms. The minimum atomic E-state index is -0.602. The van der Waals surface area contributed by atoms with Gasteiger partial charge in [-0.15, -0.1) is 0 Å². The minimum absolute atomic E-state index is 0.411. The lowest BCUT2D eigenvalue weighted by atomic mass is 10.1. The van der Waals surface area contributed by atoms with Crippen LogP contribution in [-0.4, -0.2) is 30.3 Å². The van der Waals surface area contributed by atoms with E-state index in [1.807, 2.05) is 0 Å². The van der Waals surface area contributed by atoms with E-state index in [1.165, 1.54) is 7.11 Å². The number of methoxy groups -OCH3 is 1. The van der Waals surface area contributed by atoms with Crippen LogP contribution in [-0.2, 0) is 9.53 Å². The zero-order valence-electron chi connectivity index (χ0n) is 6.91. The molecule has 0 aliphatic carbocycles. The average Bonchev–Trinajstić information content (AvgIpc) is 1.98. The van der Waals surface area contributed by atoms with Crippen LogP contribution in [0.4, 0.5) is 0 Å². The van der Waals surface area contributed by atoms with Gasteiger partial charge in [0.25, 0.3) is 0 Å². The van der Waals surface area contributed by atoms with Gasteiger partial charge in [-0.25, -0.2) is 0 Å². The summed E-state index contributed by atoms with van der Waals surface area (Å²) in [6.07, 6.45) is 0.575. The normalized spacial score (nSPS) is 15.6. The van der Waals surface area contributed by atoms with Gasteiger partial charge in [0.2, 0.25) is 0 Å². The van der Waals surface area contributed by atoms with Gasteiger partial charge in [-0.2, -0.15) is 0 Å². The maximum absolute atomic E-state index is 10.7. The molecule has 0 aromatic carbocycles. The first kappa shape index (κ1) is 10.4. The Morgan fingerprint density at radius 2 is 2.18 bits per heavy atom. The summed E-state index contributed by atoms with van der Waals surface area (Å²) >= 11 is 0. The highest BCUT2D eigenvalue weighted by Crippen LogP contribution is 2.00. The van der Waals surface area contributed by atoms with E-state index in [4.69, 9.17) is 10.8 Å². The molecule has 0 radical (unpaired) electrons. The Morgan fingerprint density at radius 3 is 2.55 bits per heavy atom. The van der Waals surface area contributed by atoms with Crippen molar-refractivity contribution < 1.29 is 14.6 Å². The maximum atomic E-state index is 10.7. The Morgan fingerprint density at radius 1 is 1.64 bits per heavy atom. The molecule has 0 rings (SSSR count). The van der Waals surface area contributed by atoms with Crippen molar-refractivity contribution in [3.8, 4) is 0 Å². The van der Waals surface area contributed by atoms with Crippen LogP contribution in [0.15, 0.2) is 0 Å². The predicted octanol–water partition coefficient (Wildman–Crippen LogP) is -0.352. The monoisotopic (exact) mass is 161 g/mol. The number of carbonyl (C=O) groups is 1. The van der Waals surface area contributed by atoms with Crippen LogP contribution in [0.3, 0.4) is 0 Å². The first-order valence-corrected chi connectivity index (χ1v) is 3.59. The zero-order valence-corrected chi connectivity index (χ0v) is 6.91. The third-order valence-corrected chi connectivity index (χ3v) is 1.40. The Bertz CT molecular complexity index is 125. The van der Waals surface area contributed by atoms with Crippen LogP contribution in [0.25, 0.3) is 0 Å².